The van der Waals surface area contributed by atoms with Gasteiger partial charge in [-0.1, -0.05) is 13.8 Å². The van der Waals surface area contributed by atoms with Crippen molar-refractivity contribution in [1.82, 2.24) is 9.97 Å². The van der Waals surface area contributed by atoms with Gasteiger partial charge in [0.2, 0.25) is 0 Å². The van der Waals surface area contributed by atoms with Crippen LogP contribution in [0, 0.1) is 0 Å². The average Bonchev–Trinajstić information content (AvgIpc) is 2.37. The molecule has 18 heavy (non-hydrogen) atoms. The molecule has 2 aromatic rings. The van der Waals surface area contributed by atoms with Crippen LogP contribution in [-0.4, -0.2) is 28.2 Å². The first kappa shape index (κ1) is 12.6. The SMILES string of the molecule is CCCN(CCC)c1cnc2ccc(O)cc2n1. The molecule has 0 unspecified atom stereocenters. The summed E-state index contributed by atoms with van der Waals surface area (Å²) in [6.07, 6.45) is 3.98. The van der Waals surface area contributed by atoms with Gasteiger partial charge in [0.15, 0.2) is 0 Å². The second-order valence-electron chi connectivity index (χ2n) is 4.39. The highest BCUT2D eigenvalue weighted by Crippen LogP contribution is 2.19. The standard InChI is InChI=1S/C14H19N3O/c1-3-7-17(8-4-2)14-10-15-12-6-5-11(18)9-13(12)16-14/h5-6,9-10,18H,3-4,7-8H2,1-2H3. The van der Waals surface area contributed by atoms with E-state index in [1.165, 1.54) is 0 Å². The number of fused-ring (bicyclic) bond motifs is 1. The third-order valence-corrected chi connectivity index (χ3v) is 2.82. The predicted molar refractivity (Wildman–Crippen MR) is 74.0 cm³/mol. The maximum Gasteiger partial charge on any atom is 0.147 e. The van der Waals surface area contributed by atoms with Gasteiger partial charge in [0.25, 0.3) is 0 Å². The number of phenolic OH excluding ortho intramolecular Hbond substituents is 1. The second kappa shape index (κ2) is 5.67. The van der Waals surface area contributed by atoms with Crippen molar-refractivity contribution in [2.24, 2.45) is 0 Å². The number of phenols is 1. The molecule has 2 rings (SSSR count). The first-order valence-corrected chi connectivity index (χ1v) is 6.45. The van der Waals surface area contributed by atoms with Gasteiger partial charge in [-0.25, -0.2) is 4.98 Å². The molecule has 0 radical (unpaired) electrons. The Hall–Kier alpha value is -1.84. The minimum atomic E-state index is 0.228. The Labute approximate surface area is 107 Å². The number of aromatic nitrogens is 2. The molecule has 0 aliphatic carbocycles. The maximum absolute atomic E-state index is 9.49. The van der Waals surface area contributed by atoms with E-state index < -0.39 is 0 Å². The zero-order valence-corrected chi connectivity index (χ0v) is 10.9. The number of hydrogen-bond donors (Lipinski definition) is 1. The Balaban J connectivity index is 2.37. The quantitative estimate of drug-likeness (QED) is 0.879. The third kappa shape index (κ3) is 2.70. The highest BCUT2D eigenvalue weighted by molar-refractivity contribution is 5.77. The third-order valence-electron chi connectivity index (χ3n) is 2.82. The first-order chi connectivity index (χ1) is 8.74. The first-order valence-electron chi connectivity index (χ1n) is 6.45. The number of benzene rings is 1. The van der Waals surface area contributed by atoms with Crippen molar-refractivity contribution in [2.45, 2.75) is 26.7 Å². The lowest BCUT2D eigenvalue weighted by atomic mass is 10.3. The van der Waals surface area contributed by atoms with Crippen LogP contribution in [0.2, 0.25) is 0 Å². The summed E-state index contributed by atoms with van der Waals surface area (Å²) in [6.45, 7) is 6.27. The summed E-state index contributed by atoms with van der Waals surface area (Å²) < 4.78 is 0. The van der Waals surface area contributed by atoms with Crippen molar-refractivity contribution in [3.05, 3.63) is 24.4 Å². The topological polar surface area (TPSA) is 49.2 Å². The lowest BCUT2D eigenvalue weighted by molar-refractivity contribution is 0.476. The fourth-order valence-corrected chi connectivity index (χ4v) is 2.02. The minimum Gasteiger partial charge on any atom is -0.508 e. The van der Waals surface area contributed by atoms with E-state index in [1.54, 1.807) is 18.2 Å². The molecule has 1 aromatic carbocycles. The lowest BCUT2D eigenvalue weighted by Gasteiger charge is -2.22. The molecule has 4 nitrogen and oxygen atoms in total. The van der Waals surface area contributed by atoms with Crippen molar-refractivity contribution in [3.63, 3.8) is 0 Å². The van der Waals surface area contributed by atoms with Crippen molar-refractivity contribution < 1.29 is 5.11 Å². The Morgan fingerprint density at radius 1 is 1.11 bits per heavy atom. The second-order valence-corrected chi connectivity index (χ2v) is 4.39. The van der Waals surface area contributed by atoms with Crippen LogP contribution in [0.25, 0.3) is 11.0 Å². The summed E-state index contributed by atoms with van der Waals surface area (Å²) in [5, 5.41) is 9.49. The largest absolute Gasteiger partial charge is 0.508 e. The van der Waals surface area contributed by atoms with Crippen LogP contribution >= 0.6 is 0 Å². The molecule has 0 fully saturated rings. The van der Waals surface area contributed by atoms with Crippen molar-refractivity contribution in [3.8, 4) is 5.75 Å². The fourth-order valence-electron chi connectivity index (χ4n) is 2.02. The van der Waals surface area contributed by atoms with E-state index in [0.717, 1.165) is 42.8 Å². The fraction of sp³-hybridized carbons (Fsp3) is 0.429. The monoisotopic (exact) mass is 245 g/mol. The Morgan fingerprint density at radius 2 is 1.83 bits per heavy atom. The highest BCUT2D eigenvalue weighted by atomic mass is 16.3. The van der Waals surface area contributed by atoms with Gasteiger partial charge in [-0.2, -0.15) is 0 Å². The van der Waals surface area contributed by atoms with Gasteiger partial charge < -0.3 is 10.0 Å². The number of hydrogen-bond acceptors (Lipinski definition) is 4. The highest BCUT2D eigenvalue weighted by Gasteiger charge is 2.08. The van der Waals surface area contributed by atoms with Crippen LogP contribution in [0.4, 0.5) is 5.82 Å². The number of rotatable bonds is 5. The van der Waals surface area contributed by atoms with Crippen LogP contribution in [0.5, 0.6) is 5.75 Å². The normalized spacial score (nSPS) is 10.8. The van der Waals surface area contributed by atoms with Crippen molar-refractivity contribution in [1.29, 1.82) is 0 Å². The molecule has 0 spiro atoms. The zero-order chi connectivity index (χ0) is 13.0. The van der Waals surface area contributed by atoms with Crippen molar-refractivity contribution >= 4 is 16.9 Å². The summed E-state index contributed by atoms with van der Waals surface area (Å²) in [6, 6.07) is 5.07. The van der Waals surface area contributed by atoms with E-state index in [4.69, 9.17) is 0 Å². The van der Waals surface area contributed by atoms with Gasteiger partial charge in [0, 0.05) is 19.2 Å². The van der Waals surface area contributed by atoms with Crippen LogP contribution in [0.3, 0.4) is 0 Å². The smallest absolute Gasteiger partial charge is 0.147 e. The zero-order valence-electron chi connectivity index (χ0n) is 10.9. The van der Waals surface area contributed by atoms with Crippen molar-refractivity contribution in [2.75, 3.05) is 18.0 Å². The number of anilines is 1. The molecule has 0 saturated carbocycles. The summed E-state index contributed by atoms with van der Waals surface area (Å²) >= 11 is 0. The number of nitrogens with zero attached hydrogens (tertiary/aromatic N) is 3. The molecule has 1 heterocycles. The Kier molecular flexibility index (Phi) is 3.97. The molecule has 0 aliphatic heterocycles. The van der Waals surface area contributed by atoms with Gasteiger partial charge in [0.1, 0.15) is 11.6 Å². The van der Waals surface area contributed by atoms with Gasteiger partial charge in [0.05, 0.1) is 17.2 Å². The minimum absolute atomic E-state index is 0.228. The molecular weight excluding hydrogens is 226 g/mol. The Morgan fingerprint density at radius 3 is 2.50 bits per heavy atom. The van der Waals surface area contributed by atoms with Crippen LogP contribution in [0.15, 0.2) is 24.4 Å². The van der Waals surface area contributed by atoms with Gasteiger partial charge in [-0.05, 0) is 25.0 Å². The van der Waals surface area contributed by atoms with Gasteiger partial charge in [-0.15, -0.1) is 0 Å². The maximum atomic E-state index is 9.49. The van der Waals surface area contributed by atoms with E-state index in [-0.39, 0.29) is 5.75 Å². The molecule has 0 amide bonds. The summed E-state index contributed by atoms with van der Waals surface area (Å²) in [5.41, 5.74) is 1.55. The van der Waals surface area contributed by atoms with Crippen LogP contribution < -0.4 is 4.90 Å². The number of aromatic hydroxyl groups is 1. The van der Waals surface area contributed by atoms with E-state index in [1.807, 2.05) is 6.20 Å². The Bertz CT molecular complexity index is 521. The predicted octanol–water partition coefficient (Wildman–Crippen LogP) is 2.96. The molecule has 0 bridgehead atoms. The molecule has 1 aromatic heterocycles. The van der Waals surface area contributed by atoms with Gasteiger partial charge in [-0.3, -0.25) is 4.98 Å². The van der Waals surface area contributed by atoms with E-state index >= 15 is 0 Å². The van der Waals surface area contributed by atoms with E-state index in [9.17, 15) is 5.11 Å². The molecular formula is C14H19N3O. The summed E-state index contributed by atoms with van der Waals surface area (Å²) in [5.74, 6) is 1.11. The molecule has 0 saturated heterocycles. The average molecular weight is 245 g/mol. The lowest BCUT2D eigenvalue weighted by Crippen LogP contribution is -2.25. The molecule has 0 atom stereocenters. The summed E-state index contributed by atoms with van der Waals surface area (Å²) in [4.78, 5) is 11.2. The molecule has 96 valence electrons. The van der Waals surface area contributed by atoms with E-state index in [0.29, 0.717) is 0 Å². The van der Waals surface area contributed by atoms with Gasteiger partial charge >= 0.3 is 0 Å². The summed E-state index contributed by atoms with van der Waals surface area (Å²) in [7, 11) is 0. The van der Waals surface area contributed by atoms with Crippen LogP contribution in [-0.2, 0) is 0 Å². The molecule has 0 aliphatic rings. The van der Waals surface area contributed by atoms with Crippen LogP contribution in [0.1, 0.15) is 26.7 Å². The molecule has 1 N–H and O–H groups in total. The molecule has 4 heteroatoms. The van der Waals surface area contributed by atoms with E-state index in [2.05, 4.69) is 28.7 Å².